The van der Waals surface area contributed by atoms with Crippen molar-refractivity contribution >= 4 is 87.7 Å². The van der Waals surface area contributed by atoms with Crippen molar-refractivity contribution in [2.24, 2.45) is 0 Å². The quantitative estimate of drug-likeness (QED) is 0.0550. The first-order valence-electron chi connectivity index (χ1n) is 20.7. The van der Waals surface area contributed by atoms with Gasteiger partial charge in [0.2, 0.25) is 11.9 Å². The average molecular weight is 979 g/mol. The van der Waals surface area contributed by atoms with Crippen LogP contribution in [0.1, 0.15) is 63.3 Å². The van der Waals surface area contributed by atoms with Crippen LogP contribution in [-0.2, 0) is 33.8 Å². The van der Waals surface area contributed by atoms with Crippen LogP contribution in [0, 0.1) is 0 Å². The van der Waals surface area contributed by atoms with E-state index in [-0.39, 0.29) is 61.4 Å². The maximum atomic E-state index is 13.3. The van der Waals surface area contributed by atoms with Crippen LogP contribution in [0.15, 0.2) is 113 Å². The molecule has 0 saturated heterocycles. The van der Waals surface area contributed by atoms with E-state index in [1.165, 1.54) is 33.7 Å². The minimum atomic E-state index is -0.978. The van der Waals surface area contributed by atoms with E-state index in [0.29, 0.717) is 60.4 Å². The second-order valence-corrected chi connectivity index (χ2v) is 16.7. The molecule has 4 aromatic carbocycles. The lowest BCUT2D eigenvalue weighted by molar-refractivity contribution is -0.138. The van der Waals surface area contributed by atoms with Crippen LogP contribution in [0.2, 0.25) is 20.1 Å². The standard InChI is InChI=1S/C25H25Cl2N3O4.C23H23Cl2N3O4/c1-4-33-23(31)12-7-18-14-28-25(29-20-10-11-22(21(27)13-20)34-16(2)3)30(24(18)32)15-17-5-8-19(26)9-6-17;1-14(2)32-20-9-8-18(11-19(20)25)27-23-26-12-16(5-10-21(29)30)22(31)28(23)13-15-3-6-17(24)7-4-15/h5-14,16H,4,15H2,1-3H3,(H,28,29);3-4,6-9,11-12,14H,5,10,13H2,1-2H3,(H,26,27)(H,29,30)/b12-7+;. The smallest absolute Gasteiger partial charge is 0.330 e. The molecule has 346 valence electrons. The van der Waals surface area contributed by atoms with Gasteiger partial charge in [0.1, 0.15) is 11.5 Å². The van der Waals surface area contributed by atoms with Crippen LogP contribution in [0.4, 0.5) is 23.3 Å². The number of aryl methyl sites for hydroxylation is 1. The summed E-state index contributed by atoms with van der Waals surface area (Å²) in [6.45, 7) is 10.1. The van der Waals surface area contributed by atoms with Crippen molar-refractivity contribution in [3.63, 3.8) is 0 Å². The van der Waals surface area contributed by atoms with E-state index in [9.17, 15) is 19.2 Å². The van der Waals surface area contributed by atoms with E-state index < -0.39 is 11.9 Å². The molecule has 0 unspecified atom stereocenters. The molecule has 0 saturated carbocycles. The molecule has 6 rings (SSSR count). The first-order chi connectivity index (χ1) is 31.5. The fraction of sp³-hybridized carbons (Fsp3) is 0.250. The van der Waals surface area contributed by atoms with Crippen LogP contribution in [0.3, 0.4) is 0 Å². The number of benzene rings is 4. The number of nitrogens with zero attached hydrogens (tertiary/aromatic N) is 4. The number of aromatic nitrogens is 4. The summed E-state index contributed by atoms with van der Waals surface area (Å²) < 4.78 is 19.2. The summed E-state index contributed by atoms with van der Waals surface area (Å²) in [4.78, 5) is 57.8. The molecule has 0 radical (unpaired) electrons. The highest BCUT2D eigenvalue weighted by atomic mass is 35.5. The predicted octanol–water partition coefficient (Wildman–Crippen LogP) is 10.9. The van der Waals surface area contributed by atoms with E-state index >= 15 is 0 Å². The molecular formula is C48H48Cl4N6O8. The maximum Gasteiger partial charge on any atom is 0.330 e. The molecule has 2 heterocycles. The number of carboxylic acids is 1. The SMILES string of the molecule is CC(C)Oc1ccc(Nc2ncc(CCC(=O)O)c(=O)n2Cc2ccc(Cl)cc2)cc1Cl.CCOC(=O)/C=C/c1cnc(Nc2ccc(OC(C)C)c(Cl)c2)n(Cc2ccc(Cl)cc2)c1=O. The van der Waals surface area contributed by atoms with Crippen LogP contribution in [0.25, 0.3) is 6.08 Å². The number of ether oxygens (including phenoxy) is 3. The normalized spacial score (nSPS) is 11.0. The van der Waals surface area contributed by atoms with Crippen molar-refractivity contribution in [1.29, 1.82) is 0 Å². The number of carboxylic acid groups (broad SMARTS) is 1. The minimum Gasteiger partial charge on any atom is -0.489 e. The lowest BCUT2D eigenvalue weighted by atomic mass is 10.2. The molecule has 18 heteroatoms. The van der Waals surface area contributed by atoms with Crippen LogP contribution >= 0.6 is 46.4 Å². The second-order valence-electron chi connectivity index (χ2n) is 15.0. The molecule has 0 spiro atoms. The molecule has 0 amide bonds. The maximum absolute atomic E-state index is 13.3. The molecule has 66 heavy (non-hydrogen) atoms. The fourth-order valence-corrected chi connectivity index (χ4v) is 6.77. The van der Waals surface area contributed by atoms with Gasteiger partial charge >= 0.3 is 11.9 Å². The Bertz CT molecular complexity index is 2780. The second kappa shape index (κ2) is 24.3. The minimum absolute atomic E-state index is 0.0160. The highest BCUT2D eigenvalue weighted by Gasteiger charge is 2.16. The summed E-state index contributed by atoms with van der Waals surface area (Å²) in [6.07, 6.45) is 5.31. The van der Waals surface area contributed by atoms with Gasteiger partial charge in [-0.05, 0) is 119 Å². The Morgan fingerprint density at radius 3 is 1.61 bits per heavy atom. The van der Waals surface area contributed by atoms with E-state index in [2.05, 4.69) is 20.6 Å². The number of hydrogen-bond acceptors (Lipinski definition) is 11. The summed E-state index contributed by atoms with van der Waals surface area (Å²) in [5.41, 5.74) is 2.87. The van der Waals surface area contributed by atoms with Crippen LogP contribution in [-0.4, -0.2) is 55.0 Å². The summed E-state index contributed by atoms with van der Waals surface area (Å²) in [6, 6.07) is 24.7. The van der Waals surface area contributed by atoms with Gasteiger partial charge in [-0.1, -0.05) is 70.7 Å². The van der Waals surface area contributed by atoms with E-state index in [4.69, 9.17) is 65.7 Å². The van der Waals surface area contributed by atoms with Crippen molar-refractivity contribution in [3.8, 4) is 11.5 Å². The summed E-state index contributed by atoms with van der Waals surface area (Å²) in [5, 5.41) is 17.3. The number of aliphatic carboxylic acids is 1. The number of rotatable bonds is 18. The van der Waals surface area contributed by atoms with E-state index in [1.54, 1.807) is 67.6 Å². The Morgan fingerprint density at radius 2 is 1.17 bits per heavy atom. The van der Waals surface area contributed by atoms with Crippen LogP contribution < -0.4 is 31.2 Å². The van der Waals surface area contributed by atoms with Gasteiger partial charge in [-0.3, -0.25) is 23.5 Å². The van der Waals surface area contributed by atoms with Gasteiger partial charge in [-0.15, -0.1) is 0 Å². The summed E-state index contributed by atoms with van der Waals surface area (Å²) in [5.74, 6) is 0.219. The zero-order chi connectivity index (χ0) is 47.9. The number of esters is 1. The highest BCUT2D eigenvalue weighted by molar-refractivity contribution is 6.32. The van der Waals surface area contributed by atoms with Gasteiger partial charge in [0, 0.05) is 51.9 Å². The molecule has 0 aliphatic carbocycles. The van der Waals surface area contributed by atoms with Gasteiger partial charge in [0.25, 0.3) is 11.1 Å². The Morgan fingerprint density at radius 1 is 0.697 bits per heavy atom. The van der Waals surface area contributed by atoms with E-state index in [1.807, 2.05) is 52.0 Å². The molecule has 0 aliphatic rings. The number of nitrogens with one attached hydrogen (secondary N) is 2. The molecular weight excluding hydrogens is 930 g/mol. The van der Waals surface area contributed by atoms with Crippen molar-refractivity contribution in [3.05, 3.63) is 166 Å². The predicted molar refractivity (Wildman–Crippen MR) is 261 cm³/mol. The third-order valence-electron chi connectivity index (χ3n) is 9.09. The fourth-order valence-electron chi connectivity index (χ4n) is 6.07. The Kier molecular flexibility index (Phi) is 18.6. The number of halogens is 4. The number of anilines is 4. The molecule has 0 aliphatic heterocycles. The van der Waals surface area contributed by atoms with Gasteiger partial charge < -0.3 is 30.0 Å². The number of carbonyl (C=O) groups is 2. The molecule has 6 aromatic rings. The Labute approximate surface area is 401 Å². The third kappa shape index (κ3) is 15.1. The molecule has 0 fully saturated rings. The summed E-state index contributed by atoms with van der Waals surface area (Å²) in [7, 11) is 0. The monoisotopic (exact) mass is 976 g/mol. The zero-order valence-corrected chi connectivity index (χ0v) is 39.7. The van der Waals surface area contributed by atoms with Gasteiger partial charge in [-0.2, -0.15) is 0 Å². The lowest BCUT2D eigenvalue weighted by Crippen LogP contribution is -2.27. The molecule has 2 aromatic heterocycles. The molecule has 0 bridgehead atoms. The number of carbonyl (C=O) groups excluding carboxylic acids is 1. The van der Waals surface area contributed by atoms with Gasteiger partial charge in [-0.25, -0.2) is 14.8 Å². The topological polar surface area (TPSA) is 176 Å². The van der Waals surface area contributed by atoms with Gasteiger partial charge in [0.05, 0.1) is 47.5 Å². The van der Waals surface area contributed by atoms with Crippen LogP contribution in [0.5, 0.6) is 11.5 Å². The first-order valence-corrected chi connectivity index (χ1v) is 22.2. The Balaban J connectivity index is 0.000000248. The van der Waals surface area contributed by atoms with E-state index in [0.717, 1.165) is 11.1 Å². The van der Waals surface area contributed by atoms with Crippen molar-refractivity contribution in [2.45, 2.75) is 72.8 Å². The highest BCUT2D eigenvalue weighted by Crippen LogP contribution is 2.31. The number of hydrogen-bond donors (Lipinski definition) is 3. The largest absolute Gasteiger partial charge is 0.489 e. The Hall–Kier alpha value is -6.32. The first kappa shape index (κ1) is 50.7. The van der Waals surface area contributed by atoms with Crippen molar-refractivity contribution < 1.29 is 28.9 Å². The molecule has 0 atom stereocenters. The van der Waals surface area contributed by atoms with Crippen molar-refractivity contribution in [2.75, 3.05) is 17.2 Å². The molecule has 14 nitrogen and oxygen atoms in total. The summed E-state index contributed by atoms with van der Waals surface area (Å²) >= 11 is 24.7. The molecule has 3 N–H and O–H groups in total. The van der Waals surface area contributed by atoms with Crippen molar-refractivity contribution in [1.82, 2.24) is 19.1 Å². The zero-order valence-electron chi connectivity index (χ0n) is 36.7. The van der Waals surface area contributed by atoms with Gasteiger partial charge in [0.15, 0.2) is 0 Å². The lowest BCUT2D eigenvalue weighted by Gasteiger charge is -2.16. The average Bonchev–Trinajstić information content (AvgIpc) is 3.26. The third-order valence-corrected chi connectivity index (χ3v) is 10.2.